The second kappa shape index (κ2) is 7.93. The fraction of sp³-hybridized carbons (Fsp3) is 0.562. The van der Waals surface area contributed by atoms with Gasteiger partial charge in [-0.25, -0.2) is 0 Å². The summed E-state index contributed by atoms with van der Waals surface area (Å²) in [4.78, 5) is 2.27. The van der Waals surface area contributed by atoms with E-state index in [1.807, 2.05) is 18.2 Å². The Morgan fingerprint density at radius 1 is 1.16 bits per heavy atom. The molecule has 0 spiro atoms. The largest absolute Gasteiger partial charge is 0.375 e. The molecule has 0 fully saturated rings. The fourth-order valence-electron chi connectivity index (χ4n) is 1.80. The topological polar surface area (TPSA) is 36.3 Å². The Kier molecular flexibility index (Phi) is 6.55. The third kappa shape index (κ3) is 7.61. The standard InChI is InChI=1S/C16H24N2O/c1-16(2,3)19-13-12-18(11-7-10-17)14-15-8-5-4-6-9-15/h4-6,8-9H,7,11-14H2,1-3H3. The van der Waals surface area contributed by atoms with E-state index >= 15 is 0 Å². The molecule has 0 aromatic heterocycles. The predicted molar refractivity (Wildman–Crippen MR) is 77.7 cm³/mol. The first-order valence-corrected chi connectivity index (χ1v) is 6.78. The molecule has 0 saturated heterocycles. The lowest BCUT2D eigenvalue weighted by molar-refractivity contribution is -0.0137. The van der Waals surface area contributed by atoms with Gasteiger partial charge in [-0.05, 0) is 26.3 Å². The molecule has 0 amide bonds. The van der Waals surface area contributed by atoms with Crippen LogP contribution in [0, 0.1) is 11.3 Å². The van der Waals surface area contributed by atoms with Gasteiger partial charge in [-0.15, -0.1) is 0 Å². The second-order valence-corrected chi connectivity index (χ2v) is 5.63. The van der Waals surface area contributed by atoms with Gasteiger partial charge in [-0.3, -0.25) is 4.90 Å². The number of rotatable bonds is 7. The molecule has 0 N–H and O–H groups in total. The lowest BCUT2D eigenvalue weighted by Crippen LogP contribution is -2.31. The first-order chi connectivity index (χ1) is 9.01. The lowest BCUT2D eigenvalue weighted by Gasteiger charge is -2.25. The van der Waals surface area contributed by atoms with Crippen molar-refractivity contribution < 1.29 is 4.74 Å². The van der Waals surface area contributed by atoms with Crippen LogP contribution in [0.25, 0.3) is 0 Å². The summed E-state index contributed by atoms with van der Waals surface area (Å²) in [6.45, 7) is 9.39. The van der Waals surface area contributed by atoms with Crippen LogP contribution in [0.2, 0.25) is 0 Å². The minimum absolute atomic E-state index is 0.104. The van der Waals surface area contributed by atoms with Crippen molar-refractivity contribution in [2.24, 2.45) is 0 Å². The number of benzene rings is 1. The number of ether oxygens (including phenoxy) is 1. The van der Waals surface area contributed by atoms with Crippen molar-refractivity contribution in [2.75, 3.05) is 19.7 Å². The van der Waals surface area contributed by atoms with Gasteiger partial charge in [-0.1, -0.05) is 30.3 Å². The quantitative estimate of drug-likeness (QED) is 0.755. The van der Waals surface area contributed by atoms with Crippen molar-refractivity contribution in [2.45, 2.75) is 39.3 Å². The van der Waals surface area contributed by atoms with E-state index in [1.165, 1.54) is 5.56 Å². The number of nitriles is 1. The van der Waals surface area contributed by atoms with Gasteiger partial charge >= 0.3 is 0 Å². The average Bonchev–Trinajstić information content (AvgIpc) is 2.35. The monoisotopic (exact) mass is 260 g/mol. The molecule has 1 aromatic rings. The van der Waals surface area contributed by atoms with Crippen LogP contribution in [0.15, 0.2) is 30.3 Å². The lowest BCUT2D eigenvalue weighted by atomic mass is 10.2. The van der Waals surface area contributed by atoms with E-state index in [-0.39, 0.29) is 5.60 Å². The van der Waals surface area contributed by atoms with Crippen LogP contribution in [-0.4, -0.2) is 30.2 Å². The Bertz CT molecular complexity index is 389. The van der Waals surface area contributed by atoms with Crippen molar-refractivity contribution in [3.05, 3.63) is 35.9 Å². The third-order valence-electron chi connectivity index (χ3n) is 2.73. The molecule has 0 aliphatic heterocycles. The molecule has 0 radical (unpaired) electrons. The number of nitrogens with zero attached hydrogens (tertiary/aromatic N) is 2. The summed E-state index contributed by atoms with van der Waals surface area (Å²) < 4.78 is 5.75. The smallest absolute Gasteiger partial charge is 0.0635 e. The minimum atomic E-state index is -0.104. The predicted octanol–water partition coefficient (Wildman–Crippen LogP) is 3.22. The first kappa shape index (κ1) is 15.7. The van der Waals surface area contributed by atoms with Crippen LogP contribution in [0.4, 0.5) is 0 Å². The third-order valence-corrected chi connectivity index (χ3v) is 2.73. The van der Waals surface area contributed by atoms with Gasteiger partial charge in [-0.2, -0.15) is 5.26 Å². The fourth-order valence-corrected chi connectivity index (χ4v) is 1.80. The maximum absolute atomic E-state index is 8.73. The Balaban J connectivity index is 2.45. The minimum Gasteiger partial charge on any atom is -0.375 e. The highest BCUT2D eigenvalue weighted by Crippen LogP contribution is 2.08. The van der Waals surface area contributed by atoms with Crippen LogP contribution in [0.3, 0.4) is 0 Å². The van der Waals surface area contributed by atoms with Crippen LogP contribution < -0.4 is 0 Å². The van der Waals surface area contributed by atoms with Gasteiger partial charge in [0.2, 0.25) is 0 Å². The molecule has 0 heterocycles. The molecule has 0 saturated carbocycles. The van der Waals surface area contributed by atoms with Crippen LogP contribution in [0.1, 0.15) is 32.8 Å². The van der Waals surface area contributed by atoms with Gasteiger partial charge in [0, 0.05) is 26.1 Å². The summed E-state index contributed by atoms with van der Waals surface area (Å²) >= 11 is 0. The second-order valence-electron chi connectivity index (χ2n) is 5.63. The van der Waals surface area contributed by atoms with Crippen LogP contribution in [-0.2, 0) is 11.3 Å². The van der Waals surface area contributed by atoms with Gasteiger partial charge in [0.15, 0.2) is 0 Å². The van der Waals surface area contributed by atoms with Gasteiger partial charge in [0.25, 0.3) is 0 Å². The van der Waals surface area contributed by atoms with E-state index in [0.717, 1.165) is 19.6 Å². The Morgan fingerprint density at radius 2 is 1.84 bits per heavy atom. The molecule has 104 valence electrons. The Morgan fingerprint density at radius 3 is 2.42 bits per heavy atom. The maximum atomic E-state index is 8.73. The Hall–Kier alpha value is -1.37. The summed E-state index contributed by atoms with van der Waals surface area (Å²) in [5, 5.41) is 8.73. The summed E-state index contributed by atoms with van der Waals surface area (Å²) in [6, 6.07) is 12.5. The van der Waals surface area contributed by atoms with Gasteiger partial charge < -0.3 is 4.74 Å². The van der Waals surface area contributed by atoms with Crippen molar-refractivity contribution in [1.82, 2.24) is 4.90 Å². The summed E-state index contributed by atoms with van der Waals surface area (Å²) in [5.74, 6) is 0. The number of hydrogen-bond acceptors (Lipinski definition) is 3. The highest BCUT2D eigenvalue weighted by molar-refractivity contribution is 5.14. The van der Waals surface area contributed by atoms with E-state index in [2.05, 4.69) is 43.9 Å². The summed E-state index contributed by atoms with van der Waals surface area (Å²) in [5.41, 5.74) is 1.17. The van der Waals surface area contributed by atoms with Crippen LogP contribution in [0.5, 0.6) is 0 Å². The number of hydrogen-bond donors (Lipinski definition) is 0. The van der Waals surface area contributed by atoms with Gasteiger partial charge in [0.1, 0.15) is 0 Å². The molecule has 0 bridgehead atoms. The molecule has 3 nitrogen and oxygen atoms in total. The van der Waals surface area contributed by atoms with Crippen molar-refractivity contribution in [3.63, 3.8) is 0 Å². The highest BCUT2D eigenvalue weighted by atomic mass is 16.5. The van der Waals surface area contributed by atoms with E-state index < -0.39 is 0 Å². The molecular formula is C16H24N2O. The summed E-state index contributed by atoms with van der Waals surface area (Å²) in [6.07, 6.45) is 0.558. The zero-order chi connectivity index (χ0) is 14.1. The molecular weight excluding hydrogens is 236 g/mol. The van der Waals surface area contributed by atoms with E-state index in [4.69, 9.17) is 10.00 Å². The SMILES string of the molecule is CC(C)(C)OCCN(CCC#N)Cc1ccccc1. The highest BCUT2D eigenvalue weighted by Gasteiger charge is 2.11. The molecule has 1 aromatic carbocycles. The van der Waals surface area contributed by atoms with Gasteiger partial charge in [0.05, 0.1) is 18.3 Å². The summed E-state index contributed by atoms with van der Waals surface area (Å²) in [7, 11) is 0. The zero-order valence-electron chi connectivity index (χ0n) is 12.2. The van der Waals surface area contributed by atoms with E-state index in [1.54, 1.807) is 0 Å². The molecule has 0 aliphatic carbocycles. The molecule has 1 rings (SSSR count). The van der Waals surface area contributed by atoms with E-state index in [9.17, 15) is 0 Å². The maximum Gasteiger partial charge on any atom is 0.0635 e. The zero-order valence-corrected chi connectivity index (χ0v) is 12.2. The molecule has 0 atom stereocenters. The normalized spacial score (nSPS) is 11.5. The first-order valence-electron chi connectivity index (χ1n) is 6.78. The molecule has 3 heteroatoms. The molecule has 0 unspecified atom stereocenters. The molecule has 0 aliphatic rings. The molecule has 19 heavy (non-hydrogen) atoms. The van der Waals surface area contributed by atoms with Crippen molar-refractivity contribution in [1.29, 1.82) is 5.26 Å². The van der Waals surface area contributed by atoms with Crippen molar-refractivity contribution in [3.8, 4) is 6.07 Å². The average molecular weight is 260 g/mol. The van der Waals surface area contributed by atoms with Crippen molar-refractivity contribution >= 4 is 0 Å². The van der Waals surface area contributed by atoms with Crippen LogP contribution >= 0.6 is 0 Å². The van der Waals surface area contributed by atoms with E-state index in [0.29, 0.717) is 13.0 Å². The Labute approximate surface area is 116 Å².